The molecule has 5 heteroatoms. The maximum Gasteiger partial charge on any atom is 0.123 e. The quantitative estimate of drug-likeness (QED) is 0.392. The molecule has 1 atom stereocenters. The van der Waals surface area contributed by atoms with Crippen molar-refractivity contribution in [2.45, 2.75) is 45.3 Å². The van der Waals surface area contributed by atoms with Crippen LogP contribution in [-0.4, -0.2) is 24.0 Å². The lowest BCUT2D eigenvalue weighted by Crippen LogP contribution is -2.44. The van der Waals surface area contributed by atoms with Crippen LogP contribution in [0.25, 0.3) is 0 Å². The van der Waals surface area contributed by atoms with Crippen LogP contribution in [0.5, 0.6) is 0 Å². The van der Waals surface area contributed by atoms with Gasteiger partial charge in [-0.1, -0.05) is 31.2 Å². The molecule has 0 saturated carbocycles. The monoisotopic (exact) mass is 435 g/mol. The van der Waals surface area contributed by atoms with E-state index in [1.165, 1.54) is 28.8 Å². The van der Waals surface area contributed by atoms with Crippen molar-refractivity contribution in [3.8, 4) is 0 Å². The summed E-state index contributed by atoms with van der Waals surface area (Å²) in [4.78, 5) is 2.45. The van der Waals surface area contributed by atoms with E-state index >= 15 is 0 Å². The Bertz CT molecular complexity index is 1050. The molecule has 0 aromatic heterocycles. The predicted molar refractivity (Wildman–Crippen MR) is 126 cm³/mol. The van der Waals surface area contributed by atoms with E-state index in [4.69, 9.17) is 5.73 Å². The number of nitrogens with two attached hydrogens (primary N) is 1. The molecule has 32 heavy (non-hydrogen) atoms. The van der Waals surface area contributed by atoms with Gasteiger partial charge in [0.15, 0.2) is 0 Å². The average molecular weight is 436 g/mol. The molecule has 0 saturated heterocycles. The molecule has 0 spiro atoms. The third-order valence-electron chi connectivity index (χ3n) is 6.29. The van der Waals surface area contributed by atoms with E-state index in [0.717, 1.165) is 62.3 Å². The number of nitrogens with one attached hydrogen (secondary N) is 1. The van der Waals surface area contributed by atoms with Gasteiger partial charge in [0.1, 0.15) is 11.6 Å². The zero-order valence-corrected chi connectivity index (χ0v) is 18.6. The summed E-state index contributed by atoms with van der Waals surface area (Å²) in [5.74, 6) is -0.411. The molecule has 1 aliphatic heterocycles. The van der Waals surface area contributed by atoms with Crippen LogP contribution in [-0.2, 0) is 32.4 Å². The summed E-state index contributed by atoms with van der Waals surface area (Å²) in [5.41, 5.74) is 12.6. The maximum absolute atomic E-state index is 13.8. The van der Waals surface area contributed by atoms with Gasteiger partial charge < -0.3 is 11.1 Å². The third kappa shape index (κ3) is 5.72. The van der Waals surface area contributed by atoms with Gasteiger partial charge in [-0.15, -0.1) is 0 Å². The second-order valence-corrected chi connectivity index (χ2v) is 8.69. The van der Waals surface area contributed by atoms with Gasteiger partial charge in [-0.2, -0.15) is 0 Å². The number of hydrogen-bond acceptors (Lipinski definition) is 3. The molecular formula is C27H31F2N3. The van der Waals surface area contributed by atoms with E-state index in [2.05, 4.69) is 23.2 Å². The standard InChI is InChI=1S/C27H31F2N3/c1-2-19-11-21(13-26(30)12-19)17-31-9-10-32-18-22-5-8-25(29)15-23(22)16-27(32)14-20-3-6-24(28)7-4-20/h3-8,11-13,15,27,31H,2,9-10,14,16-18,30H2,1H3. The lowest BCUT2D eigenvalue weighted by atomic mass is 9.90. The highest BCUT2D eigenvalue weighted by atomic mass is 19.1. The molecular weight excluding hydrogens is 404 g/mol. The normalized spacial score (nSPS) is 16.2. The Morgan fingerprint density at radius 2 is 1.66 bits per heavy atom. The molecule has 0 bridgehead atoms. The number of rotatable bonds is 8. The van der Waals surface area contributed by atoms with Crippen LogP contribution in [0.15, 0.2) is 60.7 Å². The largest absolute Gasteiger partial charge is 0.399 e. The summed E-state index contributed by atoms with van der Waals surface area (Å²) < 4.78 is 27.1. The zero-order chi connectivity index (χ0) is 22.5. The fraction of sp³-hybridized carbons (Fsp3) is 0.333. The van der Waals surface area contributed by atoms with Crippen molar-refractivity contribution in [1.82, 2.24) is 10.2 Å². The minimum absolute atomic E-state index is 0.187. The van der Waals surface area contributed by atoms with E-state index in [-0.39, 0.29) is 17.7 Å². The number of nitrogens with zero attached hydrogens (tertiary/aromatic N) is 1. The molecule has 3 nitrogen and oxygen atoms in total. The number of halogens is 2. The number of aryl methyl sites for hydroxylation is 1. The van der Waals surface area contributed by atoms with Crippen LogP contribution in [0.4, 0.5) is 14.5 Å². The Balaban J connectivity index is 1.41. The van der Waals surface area contributed by atoms with Gasteiger partial charge in [0.25, 0.3) is 0 Å². The molecule has 0 aliphatic carbocycles. The molecule has 1 unspecified atom stereocenters. The third-order valence-corrected chi connectivity index (χ3v) is 6.29. The number of nitrogen functional groups attached to an aromatic ring is 1. The predicted octanol–water partition coefficient (Wildman–Crippen LogP) is 4.87. The fourth-order valence-electron chi connectivity index (χ4n) is 4.58. The van der Waals surface area contributed by atoms with Crippen molar-refractivity contribution in [1.29, 1.82) is 0 Å². The van der Waals surface area contributed by atoms with Crippen LogP contribution in [0.2, 0.25) is 0 Å². The summed E-state index contributed by atoms with van der Waals surface area (Å²) in [6.45, 7) is 5.42. The molecule has 1 aliphatic rings. The minimum Gasteiger partial charge on any atom is -0.399 e. The summed E-state index contributed by atoms with van der Waals surface area (Å²) >= 11 is 0. The first-order valence-corrected chi connectivity index (χ1v) is 11.3. The van der Waals surface area contributed by atoms with Gasteiger partial charge in [-0.3, -0.25) is 4.90 Å². The van der Waals surface area contributed by atoms with Crippen LogP contribution in [0, 0.1) is 11.6 Å². The molecule has 0 fully saturated rings. The molecule has 168 valence electrons. The Morgan fingerprint density at radius 1 is 0.906 bits per heavy atom. The van der Waals surface area contributed by atoms with Crippen LogP contribution in [0.1, 0.15) is 34.7 Å². The Labute approximate surface area is 189 Å². The second kappa shape index (κ2) is 10.2. The summed E-state index contributed by atoms with van der Waals surface area (Å²) in [6.07, 6.45) is 2.57. The van der Waals surface area contributed by atoms with Crippen LogP contribution >= 0.6 is 0 Å². The van der Waals surface area contributed by atoms with E-state index in [9.17, 15) is 8.78 Å². The molecule has 0 radical (unpaired) electrons. The van der Waals surface area contributed by atoms with Crippen molar-refractivity contribution >= 4 is 5.69 Å². The van der Waals surface area contributed by atoms with E-state index < -0.39 is 0 Å². The van der Waals surface area contributed by atoms with Crippen molar-refractivity contribution in [2.24, 2.45) is 0 Å². The first-order chi connectivity index (χ1) is 15.5. The summed E-state index contributed by atoms with van der Waals surface area (Å²) in [6, 6.07) is 18.3. The molecule has 3 aromatic carbocycles. The fourth-order valence-corrected chi connectivity index (χ4v) is 4.58. The van der Waals surface area contributed by atoms with Crippen molar-refractivity contribution in [3.05, 3.63) is 100 Å². The Kier molecular flexibility index (Phi) is 7.18. The van der Waals surface area contributed by atoms with Gasteiger partial charge >= 0.3 is 0 Å². The van der Waals surface area contributed by atoms with Crippen LogP contribution in [0.3, 0.4) is 0 Å². The lowest BCUT2D eigenvalue weighted by molar-refractivity contribution is 0.170. The molecule has 3 aromatic rings. The number of fused-ring (bicyclic) bond motifs is 1. The van der Waals surface area contributed by atoms with Gasteiger partial charge in [0, 0.05) is 37.9 Å². The first kappa shape index (κ1) is 22.4. The van der Waals surface area contributed by atoms with Gasteiger partial charge in [0.2, 0.25) is 0 Å². The summed E-state index contributed by atoms with van der Waals surface area (Å²) in [5, 5.41) is 3.55. The Hall–Kier alpha value is -2.76. The van der Waals surface area contributed by atoms with Gasteiger partial charge in [-0.05, 0) is 83.5 Å². The maximum atomic E-state index is 13.8. The van der Waals surface area contributed by atoms with E-state index in [1.807, 2.05) is 30.3 Å². The number of benzene rings is 3. The lowest BCUT2D eigenvalue weighted by Gasteiger charge is -2.37. The van der Waals surface area contributed by atoms with E-state index in [1.54, 1.807) is 12.1 Å². The highest BCUT2D eigenvalue weighted by molar-refractivity contribution is 5.44. The average Bonchev–Trinajstić information content (AvgIpc) is 2.78. The van der Waals surface area contributed by atoms with Gasteiger partial charge in [-0.25, -0.2) is 8.78 Å². The number of anilines is 1. The number of hydrogen-bond donors (Lipinski definition) is 2. The molecule has 4 rings (SSSR count). The highest BCUT2D eigenvalue weighted by Gasteiger charge is 2.26. The molecule has 0 amide bonds. The minimum atomic E-state index is -0.223. The smallest absolute Gasteiger partial charge is 0.123 e. The van der Waals surface area contributed by atoms with Gasteiger partial charge in [0.05, 0.1) is 0 Å². The molecule has 3 N–H and O–H groups in total. The molecule has 1 heterocycles. The SMILES string of the molecule is CCc1cc(N)cc(CNCCN2Cc3ccc(F)cc3CC2Cc2ccc(F)cc2)c1. The van der Waals surface area contributed by atoms with Crippen molar-refractivity contribution in [3.63, 3.8) is 0 Å². The van der Waals surface area contributed by atoms with Crippen LogP contribution < -0.4 is 11.1 Å². The zero-order valence-electron chi connectivity index (χ0n) is 18.6. The first-order valence-electron chi connectivity index (χ1n) is 11.3. The topological polar surface area (TPSA) is 41.3 Å². The van der Waals surface area contributed by atoms with E-state index in [0.29, 0.717) is 0 Å². The van der Waals surface area contributed by atoms with Crippen molar-refractivity contribution < 1.29 is 8.78 Å². The highest BCUT2D eigenvalue weighted by Crippen LogP contribution is 2.26. The summed E-state index contributed by atoms with van der Waals surface area (Å²) in [7, 11) is 0. The Morgan fingerprint density at radius 3 is 2.44 bits per heavy atom. The van der Waals surface area contributed by atoms with Crippen molar-refractivity contribution in [2.75, 3.05) is 18.8 Å². The second-order valence-electron chi connectivity index (χ2n) is 8.69.